The van der Waals surface area contributed by atoms with Crippen LogP contribution in [0.3, 0.4) is 0 Å². The Morgan fingerprint density at radius 2 is 1.76 bits per heavy atom. The number of rotatable bonds is 7. The predicted molar refractivity (Wildman–Crippen MR) is 156 cm³/mol. The van der Waals surface area contributed by atoms with E-state index in [0.29, 0.717) is 16.9 Å². The second-order valence-electron chi connectivity index (χ2n) is 10.1. The van der Waals surface area contributed by atoms with Crippen molar-refractivity contribution in [3.63, 3.8) is 0 Å². The van der Waals surface area contributed by atoms with Crippen molar-refractivity contribution in [2.24, 2.45) is 5.92 Å². The van der Waals surface area contributed by atoms with Crippen LogP contribution in [0, 0.1) is 23.6 Å². The van der Waals surface area contributed by atoms with Crippen molar-refractivity contribution in [2.45, 2.75) is 35.8 Å². The Morgan fingerprint density at radius 3 is 2.40 bits per heavy atom. The number of halogens is 1. The van der Waals surface area contributed by atoms with Gasteiger partial charge in [0.1, 0.15) is 33.2 Å². The Hall–Kier alpha value is -3.47. The standard InChI is InChI=1S/C30H33FN2O7S2/c1-21-18-33(22(2)20-34)42(37,38)30-16-13-24(10-9-23-11-14-25(39-4)15-12-23)17-27(30)40-28(21)19-32(3)41(35,36)29-8-6-5-7-26(29)31/h5-8,11-17,21-22,28,34H,18-20H2,1-4H3/t21-,22+,28-/m1/s1. The summed E-state index contributed by atoms with van der Waals surface area (Å²) < 4.78 is 81.9. The minimum absolute atomic E-state index is 0.0000830. The van der Waals surface area contributed by atoms with E-state index in [0.717, 1.165) is 10.4 Å². The van der Waals surface area contributed by atoms with Gasteiger partial charge in [-0.2, -0.15) is 8.61 Å². The first-order valence-electron chi connectivity index (χ1n) is 13.2. The second-order valence-corrected chi connectivity index (χ2v) is 14.0. The Kier molecular flexibility index (Phi) is 9.60. The molecule has 1 heterocycles. The van der Waals surface area contributed by atoms with E-state index >= 15 is 0 Å². The number of ether oxygens (including phenoxy) is 2. The Morgan fingerprint density at radius 1 is 1.12 bits per heavy atom. The van der Waals surface area contributed by atoms with E-state index in [1.807, 2.05) is 0 Å². The molecule has 1 aliphatic rings. The van der Waals surface area contributed by atoms with Crippen molar-refractivity contribution < 1.29 is 35.8 Å². The average molecular weight is 617 g/mol. The number of sulfonamides is 2. The number of aliphatic hydroxyl groups excluding tert-OH is 1. The molecule has 0 bridgehead atoms. The molecule has 0 saturated carbocycles. The number of nitrogens with zero attached hydrogens (tertiary/aromatic N) is 2. The lowest BCUT2D eigenvalue weighted by molar-refractivity contribution is 0.0904. The van der Waals surface area contributed by atoms with Crippen molar-refractivity contribution in [1.29, 1.82) is 0 Å². The summed E-state index contributed by atoms with van der Waals surface area (Å²) in [6.45, 7) is 2.67. The summed E-state index contributed by atoms with van der Waals surface area (Å²) >= 11 is 0. The molecule has 0 radical (unpaired) electrons. The summed E-state index contributed by atoms with van der Waals surface area (Å²) in [4.78, 5) is -0.602. The van der Waals surface area contributed by atoms with Crippen LogP contribution in [-0.2, 0) is 20.0 Å². The van der Waals surface area contributed by atoms with Crippen LogP contribution in [0.4, 0.5) is 4.39 Å². The molecule has 224 valence electrons. The smallest absolute Gasteiger partial charge is 0.247 e. The van der Waals surface area contributed by atoms with Crippen molar-refractivity contribution in [2.75, 3.05) is 33.9 Å². The average Bonchev–Trinajstić information content (AvgIpc) is 2.97. The zero-order valence-electron chi connectivity index (χ0n) is 23.7. The minimum Gasteiger partial charge on any atom is -0.497 e. The van der Waals surface area contributed by atoms with Gasteiger partial charge in [-0.3, -0.25) is 0 Å². The third-order valence-electron chi connectivity index (χ3n) is 7.07. The highest BCUT2D eigenvalue weighted by Crippen LogP contribution is 2.34. The highest BCUT2D eigenvalue weighted by atomic mass is 32.2. The van der Waals surface area contributed by atoms with Gasteiger partial charge in [0.05, 0.1) is 20.3 Å². The summed E-state index contributed by atoms with van der Waals surface area (Å²) in [6, 6.07) is 15.9. The monoisotopic (exact) mass is 616 g/mol. The highest BCUT2D eigenvalue weighted by Gasteiger charge is 2.39. The minimum atomic E-state index is -4.23. The maximum absolute atomic E-state index is 14.4. The van der Waals surface area contributed by atoms with E-state index in [1.54, 1.807) is 51.3 Å². The number of likely N-dealkylation sites (N-methyl/N-ethyl adjacent to an activating group) is 1. The van der Waals surface area contributed by atoms with Gasteiger partial charge < -0.3 is 14.6 Å². The first kappa shape index (κ1) is 31.5. The lowest BCUT2D eigenvalue weighted by atomic mass is 10.0. The SMILES string of the molecule is COc1ccc(C#Cc2ccc3c(c2)O[C@H](CN(C)S(=O)(=O)c2ccccc2F)[C@H](C)CN([C@@H](C)CO)S3(=O)=O)cc1. The third-order valence-corrected chi connectivity index (χ3v) is 10.9. The number of hydrogen-bond donors (Lipinski definition) is 1. The fourth-order valence-corrected chi connectivity index (χ4v) is 7.58. The molecule has 12 heteroatoms. The van der Waals surface area contributed by atoms with E-state index in [4.69, 9.17) is 9.47 Å². The van der Waals surface area contributed by atoms with Crippen LogP contribution < -0.4 is 9.47 Å². The first-order chi connectivity index (χ1) is 19.9. The van der Waals surface area contributed by atoms with Crippen molar-refractivity contribution in [3.8, 4) is 23.3 Å². The van der Waals surface area contributed by atoms with Crippen LogP contribution in [0.15, 0.2) is 76.5 Å². The molecule has 0 aliphatic carbocycles. The van der Waals surface area contributed by atoms with Crippen molar-refractivity contribution in [3.05, 3.63) is 83.7 Å². The van der Waals surface area contributed by atoms with Gasteiger partial charge in [-0.1, -0.05) is 30.9 Å². The van der Waals surface area contributed by atoms with E-state index in [9.17, 15) is 26.3 Å². The molecule has 4 rings (SSSR count). The van der Waals surface area contributed by atoms with Crippen LogP contribution >= 0.6 is 0 Å². The molecule has 3 aromatic carbocycles. The Bertz CT molecular complexity index is 1700. The van der Waals surface area contributed by atoms with Crippen LogP contribution in [0.25, 0.3) is 0 Å². The lowest BCUT2D eigenvalue weighted by Gasteiger charge is -2.37. The summed E-state index contributed by atoms with van der Waals surface area (Å²) in [6.07, 6.45) is -0.830. The molecule has 1 aliphatic heterocycles. The van der Waals surface area contributed by atoms with Crippen LogP contribution in [0.1, 0.15) is 25.0 Å². The summed E-state index contributed by atoms with van der Waals surface area (Å²) in [5.41, 5.74) is 1.19. The molecule has 0 spiro atoms. The molecule has 9 nitrogen and oxygen atoms in total. The molecular formula is C30H33FN2O7S2. The molecular weight excluding hydrogens is 583 g/mol. The third kappa shape index (κ3) is 6.61. The van der Waals surface area contributed by atoms with Crippen molar-refractivity contribution >= 4 is 20.0 Å². The highest BCUT2D eigenvalue weighted by molar-refractivity contribution is 7.89. The summed E-state index contributed by atoms with van der Waals surface area (Å²) in [5.74, 6) is 5.32. The van der Waals surface area contributed by atoms with E-state index < -0.39 is 55.4 Å². The zero-order chi connectivity index (χ0) is 30.7. The predicted octanol–water partition coefficient (Wildman–Crippen LogP) is 3.32. The van der Waals surface area contributed by atoms with Gasteiger partial charge in [0, 0.05) is 36.7 Å². The molecule has 0 saturated heterocycles. The van der Waals surface area contributed by atoms with Gasteiger partial charge in [-0.15, -0.1) is 0 Å². The van der Waals surface area contributed by atoms with Gasteiger partial charge in [0.2, 0.25) is 20.0 Å². The first-order valence-corrected chi connectivity index (χ1v) is 16.1. The molecule has 0 fully saturated rings. The number of hydrogen-bond acceptors (Lipinski definition) is 7. The maximum Gasteiger partial charge on any atom is 0.247 e. The lowest BCUT2D eigenvalue weighted by Crippen LogP contribution is -2.50. The molecule has 42 heavy (non-hydrogen) atoms. The van der Waals surface area contributed by atoms with Gasteiger partial charge in [0.25, 0.3) is 0 Å². The molecule has 0 unspecified atom stereocenters. The van der Waals surface area contributed by atoms with E-state index in [1.165, 1.54) is 41.7 Å². The number of methoxy groups -OCH3 is 1. The zero-order valence-corrected chi connectivity index (χ0v) is 25.3. The number of aliphatic hydroxyl groups is 1. The van der Waals surface area contributed by atoms with E-state index in [-0.39, 0.29) is 23.7 Å². The van der Waals surface area contributed by atoms with Gasteiger partial charge >= 0.3 is 0 Å². The van der Waals surface area contributed by atoms with Gasteiger partial charge in [-0.25, -0.2) is 21.2 Å². The number of benzene rings is 3. The van der Waals surface area contributed by atoms with Crippen LogP contribution in [-0.4, -0.2) is 76.6 Å². The molecule has 1 N–H and O–H groups in total. The fourth-order valence-electron chi connectivity index (χ4n) is 4.51. The maximum atomic E-state index is 14.4. The van der Waals surface area contributed by atoms with Crippen molar-refractivity contribution in [1.82, 2.24) is 8.61 Å². The van der Waals surface area contributed by atoms with Crippen LogP contribution in [0.2, 0.25) is 0 Å². The molecule has 0 amide bonds. The molecule has 0 aromatic heterocycles. The van der Waals surface area contributed by atoms with Gasteiger partial charge in [0.15, 0.2) is 0 Å². The number of fused-ring (bicyclic) bond motifs is 1. The largest absolute Gasteiger partial charge is 0.497 e. The molecule has 3 aromatic rings. The summed E-state index contributed by atoms with van der Waals surface area (Å²) in [7, 11) is -5.44. The van der Waals surface area contributed by atoms with Gasteiger partial charge in [-0.05, 0) is 61.5 Å². The summed E-state index contributed by atoms with van der Waals surface area (Å²) in [5, 5.41) is 9.85. The Labute approximate surface area is 246 Å². The molecule has 3 atom stereocenters. The Balaban J connectivity index is 1.74. The van der Waals surface area contributed by atoms with Crippen LogP contribution in [0.5, 0.6) is 11.5 Å². The normalized spacial score (nSPS) is 19.4. The van der Waals surface area contributed by atoms with E-state index in [2.05, 4.69) is 11.8 Å². The fraction of sp³-hybridized carbons (Fsp3) is 0.333. The topological polar surface area (TPSA) is 113 Å². The quantitative estimate of drug-likeness (QED) is 0.405. The second kappa shape index (κ2) is 12.8.